The molecule has 0 aliphatic heterocycles. The fourth-order valence-electron chi connectivity index (χ4n) is 2.16. The van der Waals surface area contributed by atoms with E-state index in [0.29, 0.717) is 9.90 Å². The van der Waals surface area contributed by atoms with E-state index < -0.39 is 11.7 Å². The molecule has 3 nitrogen and oxygen atoms in total. The van der Waals surface area contributed by atoms with Crippen LogP contribution in [0.3, 0.4) is 0 Å². The number of nitrogens with zero attached hydrogens (tertiary/aromatic N) is 1. The second-order valence-electron chi connectivity index (χ2n) is 5.08. The fraction of sp³-hybridized carbons (Fsp3) is 0.0588. The molecule has 0 unspecified atom stereocenters. The predicted octanol–water partition coefficient (Wildman–Crippen LogP) is 5.42. The lowest BCUT2D eigenvalue weighted by molar-refractivity contribution is 0.0959. The summed E-state index contributed by atoms with van der Waals surface area (Å²) < 4.78 is 14.6. The van der Waals surface area contributed by atoms with Crippen LogP contribution in [0.2, 0.25) is 10.0 Å². The van der Waals surface area contributed by atoms with Crippen molar-refractivity contribution in [2.24, 2.45) is 5.10 Å². The highest BCUT2D eigenvalue weighted by Gasteiger charge is 2.16. The van der Waals surface area contributed by atoms with Crippen molar-refractivity contribution in [3.05, 3.63) is 68.3 Å². The van der Waals surface area contributed by atoms with Gasteiger partial charge in [-0.15, -0.1) is 11.3 Å². The van der Waals surface area contributed by atoms with E-state index in [1.807, 2.05) is 25.1 Å². The van der Waals surface area contributed by atoms with Gasteiger partial charge >= 0.3 is 0 Å². The van der Waals surface area contributed by atoms with Crippen molar-refractivity contribution < 1.29 is 9.18 Å². The summed E-state index contributed by atoms with van der Waals surface area (Å²) in [5.74, 6) is -0.974. The van der Waals surface area contributed by atoms with Gasteiger partial charge in [0.05, 0.1) is 16.3 Å². The molecular formula is C17H11Cl2FN2OS. The Morgan fingerprint density at radius 1 is 1.29 bits per heavy atom. The van der Waals surface area contributed by atoms with Crippen LogP contribution in [0.4, 0.5) is 4.39 Å². The minimum atomic E-state index is -0.518. The van der Waals surface area contributed by atoms with E-state index in [1.165, 1.54) is 29.7 Å². The van der Waals surface area contributed by atoms with Gasteiger partial charge in [-0.25, -0.2) is 9.82 Å². The Morgan fingerprint density at radius 2 is 2.08 bits per heavy atom. The Labute approximate surface area is 151 Å². The van der Waals surface area contributed by atoms with Gasteiger partial charge in [-0.1, -0.05) is 41.4 Å². The third-order valence-electron chi connectivity index (χ3n) is 3.35. The smallest absolute Gasteiger partial charge is 0.266 e. The molecule has 0 spiro atoms. The van der Waals surface area contributed by atoms with E-state index in [0.717, 1.165) is 15.6 Å². The quantitative estimate of drug-likeness (QED) is 0.478. The SMILES string of the molecule is Cc1ccc2c(Cl)c(C(=O)N/N=C/c3c(F)cccc3Cl)sc2c1. The number of fused-ring (bicyclic) bond motifs is 1. The van der Waals surface area contributed by atoms with Crippen molar-refractivity contribution in [2.75, 3.05) is 0 Å². The molecule has 2 aromatic carbocycles. The molecule has 1 heterocycles. The minimum Gasteiger partial charge on any atom is -0.266 e. The van der Waals surface area contributed by atoms with E-state index >= 15 is 0 Å². The number of thiophene rings is 1. The lowest BCUT2D eigenvalue weighted by Crippen LogP contribution is -2.16. The summed E-state index contributed by atoms with van der Waals surface area (Å²) >= 11 is 13.4. The molecule has 3 rings (SSSR count). The third kappa shape index (κ3) is 3.29. The highest BCUT2D eigenvalue weighted by molar-refractivity contribution is 7.21. The number of carbonyl (C=O) groups is 1. The zero-order valence-electron chi connectivity index (χ0n) is 12.4. The first-order chi connectivity index (χ1) is 11.5. The highest BCUT2D eigenvalue weighted by atomic mass is 35.5. The van der Waals surface area contributed by atoms with Crippen molar-refractivity contribution in [3.63, 3.8) is 0 Å². The summed E-state index contributed by atoms with van der Waals surface area (Å²) in [6.45, 7) is 1.97. The summed E-state index contributed by atoms with van der Waals surface area (Å²) in [5.41, 5.74) is 3.54. The van der Waals surface area contributed by atoms with Crippen LogP contribution in [0.25, 0.3) is 10.1 Å². The molecule has 0 saturated carbocycles. The van der Waals surface area contributed by atoms with Crippen LogP contribution in [-0.2, 0) is 0 Å². The standard InChI is InChI=1S/C17H11Cl2FN2OS/c1-9-5-6-10-14(7-9)24-16(15(10)19)17(23)22-21-8-11-12(18)3-2-4-13(11)20/h2-8H,1H3,(H,22,23)/b21-8+. The Balaban J connectivity index is 1.83. The minimum absolute atomic E-state index is 0.109. The molecule has 1 N–H and O–H groups in total. The van der Waals surface area contributed by atoms with Gasteiger partial charge in [-0.3, -0.25) is 4.79 Å². The number of hydrogen-bond acceptors (Lipinski definition) is 3. The zero-order chi connectivity index (χ0) is 17.3. The summed E-state index contributed by atoms with van der Waals surface area (Å²) in [6.07, 6.45) is 1.17. The second kappa shape index (κ2) is 6.89. The lowest BCUT2D eigenvalue weighted by Gasteiger charge is -2.00. The van der Waals surface area contributed by atoms with Gasteiger partial charge in [0.15, 0.2) is 0 Å². The summed E-state index contributed by atoms with van der Waals surface area (Å²) in [5, 5.41) is 5.18. The number of amides is 1. The lowest BCUT2D eigenvalue weighted by atomic mass is 10.2. The molecule has 0 saturated heterocycles. The fourth-order valence-corrected chi connectivity index (χ4v) is 3.88. The second-order valence-corrected chi connectivity index (χ2v) is 6.92. The molecule has 3 aromatic rings. The van der Waals surface area contributed by atoms with Crippen LogP contribution in [0.1, 0.15) is 20.8 Å². The molecule has 1 amide bonds. The van der Waals surface area contributed by atoms with E-state index in [-0.39, 0.29) is 10.6 Å². The van der Waals surface area contributed by atoms with Crippen molar-refractivity contribution in [1.82, 2.24) is 5.43 Å². The Bertz CT molecular complexity index is 948. The summed E-state index contributed by atoms with van der Waals surface area (Å²) in [6, 6.07) is 10.1. The van der Waals surface area contributed by atoms with Gasteiger partial charge in [-0.05, 0) is 30.7 Å². The van der Waals surface area contributed by atoms with Crippen molar-refractivity contribution in [2.45, 2.75) is 6.92 Å². The summed E-state index contributed by atoms with van der Waals surface area (Å²) in [4.78, 5) is 12.6. The van der Waals surface area contributed by atoms with Gasteiger partial charge in [0, 0.05) is 15.6 Å². The monoisotopic (exact) mass is 380 g/mol. The van der Waals surface area contributed by atoms with Crippen LogP contribution in [0, 0.1) is 12.7 Å². The first-order valence-electron chi connectivity index (χ1n) is 6.93. The molecule has 1 aromatic heterocycles. The van der Waals surface area contributed by atoms with E-state index in [1.54, 1.807) is 6.07 Å². The zero-order valence-corrected chi connectivity index (χ0v) is 14.8. The number of rotatable bonds is 3. The Kier molecular flexibility index (Phi) is 4.85. The maximum Gasteiger partial charge on any atom is 0.283 e. The number of hydrazone groups is 1. The van der Waals surface area contributed by atoms with Crippen LogP contribution >= 0.6 is 34.5 Å². The van der Waals surface area contributed by atoms with Gasteiger partial charge in [0.2, 0.25) is 0 Å². The number of hydrogen-bond donors (Lipinski definition) is 1. The van der Waals surface area contributed by atoms with Crippen molar-refractivity contribution in [3.8, 4) is 0 Å². The first kappa shape index (κ1) is 16.9. The third-order valence-corrected chi connectivity index (χ3v) is 5.34. The number of nitrogens with one attached hydrogen (secondary N) is 1. The summed E-state index contributed by atoms with van der Waals surface area (Å²) in [7, 11) is 0. The molecule has 7 heteroatoms. The molecule has 0 fully saturated rings. The van der Waals surface area contributed by atoms with Gasteiger partial charge in [-0.2, -0.15) is 5.10 Å². The average Bonchev–Trinajstić information content (AvgIpc) is 2.86. The molecule has 0 aliphatic rings. The van der Waals surface area contributed by atoms with Gasteiger partial charge in [0.25, 0.3) is 5.91 Å². The molecular weight excluding hydrogens is 370 g/mol. The molecule has 0 aliphatic carbocycles. The molecule has 0 bridgehead atoms. The topological polar surface area (TPSA) is 41.5 Å². The first-order valence-corrected chi connectivity index (χ1v) is 8.50. The normalized spacial score (nSPS) is 11.3. The predicted molar refractivity (Wildman–Crippen MR) is 98.0 cm³/mol. The van der Waals surface area contributed by atoms with Gasteiger partial charge in [0.1, 0.15) is 10.7 Å². The maximum absolute atomic E-state index is 13.6. The van der Waals surface area contributed by atoms with Crippen LogP contribution in [-0.4, -0.2) is 12.1 Å². The van der Waals surface area contributed by atoms with Crippen LogP contribution in [0.15, 0.2) is 41.5 Å². The van der Waals surface area contributed by atoms with Crippen LogP contribution in [0.5, 0.6) is 0 Å². The Hall–Kier alpha value is -1.95. The molecule has 122 valence electrons. The Morgan fingerprint density at radius 3 is 2.83 bits per heavy atom. The average molecular weight is 381 g/mol. The van der Waals surface area contributed by atoms with Crippen molar-refractivity contribution in [1.29, 1.82) is 0 Å². The highest BCUT2D eigenvalue weighted by Crippen LogP contribution is 2.35. The van der Waals surface area contributed by atoms with E-state index in [4.69, 9.17) is 23.2 Å². The number of aryl methyl sites for hydroxylation is 1. The van der Waals surface area contributed by atoms with Crippen molar-refractivity contribution >= 4 is 56.7 Å². The molecule has 0 radical (unpaired) electrons. The molecule has 24 heavy (non-hydrogen) atoms. The maximum atomic E-state index is 13.6. The molecule has 0 atom stereocenters. The number of carbonyl (C=O) groups excluding carboxylic acids is 1. The number of halogens is 3. The van der Waals surface area contributed by atoms with Gasteiger partial charge < -0.3 is 0 Å². The number of benzene rings is 2. The largest absolute Gasteiger partial charge is 0.283 e. The van der Waals surface area contributed by atoms with E-state index in [2.05, 4.69) is 10.5 Å². The van der Waals surface area contributed by atoms with E-state index in [9.17, 15) is 9.18 Å². The van der Waals surface area contributed by atoms with Crippen LogP contribution < -0.4 is 5.43 Å².